The summed E-state index contributed by atoms with van der Waals surface area (Å²) in [6, 6.07) is 3.27. The quantitative estimate of drug-likeness (QED) is 0.760. The first kappa shape index (κ1) is 16.5. The molecule has 0 saturated carbocycles. The van der Waals surface area contributed by atoms with Crippen molar-refractivity contribution in [2.45, 2.75) is 25.0 Å². The minimum atomic E-state index is -3.49. The van der Waals surface area contributed by atoms with Gasteiger partial charge in [-0.05, 0) is 31.0 Å². The molecular formula is C14H24N2O4S. The number of nitrogens with zero attached hydrogens (tertiary/aromatic N) is 2. The Hall–Kier alpha value is -0.890. The van der Waals surface area contributed by atoms with Crippen LogP contribution in [0.2, 0.25) is 0 Å². The molecule has 0 bridgehead atoms. The van der Waals surface area contributed by atoms with Gasteiger partial charge in [0, 0.05) is 27.2 Å². The van der Waals surface area contributed by atoms with E-state index in [1.807, 2.05) is 0 Å². The minimum Gasteiger partial charge on any atom is -0.447 e. The first-order chi connectivity index (χ1) is 9.93. The van der Waals surface area contributed by atoms with Crippen molar-refractivity contribution in [3.8, 4) is 0 Å². The molecule has 2 rings (SSSR count). The fourth-order valence-electron chi connectivity index (χ4n) is 2.38. The average molecular weight is 316 g/mol. The van der Waals surface area contributed by atoms with Gasteiger partial charge in [-0.15, -0.1) is 0 Å². The summed E-state index contributed by atoms with van der Waals surface area (Å²) < 4.78 is 36.0. The maximum absolute atomic E-state index is 12.0. The maximum atomic E-state index is 12.0. The van der Waals surface area contributed by atoms with E-state index in [9.17, 15) is 8.42 Å². The number of hydrogen-bond acceptors (Lipinski definition) is 5. The molecule has 120 valence electrons. The van der Waals surface area contributed by atoms with Crippen molar-refractivity contribution in [2.24, 2.45) is 5.92 Å². The zero-order chi connectivity index (χ0) is 15.5. The number of rotatable bonds is 7. The van der Waals surface area contributed by atoms with Gasteiger partial charge >= 0.3 is 0 Å². The molecule has 21 heavy (non-hydrogen) atoms. The molecule has 0 unspecified atom stereocenters. The fourth-order valence-corrected chi connectivity index (χ4v) is 3.19. The lowest BCUT2D eigenvalue weighted by atomic mass is 10.1. The topological polar surface area (TPSA) is 63.0 Å². The number of hydrogen-bond donors (Lipinski definition) is 0. The van der Waals surface area contributed by atoms with Crippen molar-refractivity contribution in [1.29, 1.82) is 0 Å². The molecule has 1 saturated heterocycles. The van der Waals surface area contributed by atoms with E-state index in [4.69, 9.17) is 9.15 Å². The zero-order valence-electron chi connectivity index (χ0n) is 12.9. The molecule has 0 spiro atoms. The largest absolute Gasteiger partial charge is 0.447 e. The van der Waals surface area contributed by atoms with Crippen molar-refractivity contribution in [3.05, 3.63) is 17.9 Å². The van der Waals surface area contributed by atoms with Gasteiger partial charge in [0.1, 0.15) is 5.76 Å². The highest BCUT2D eigenvalue weighted by molar-refractivity contribution is 7.88. The molecule has 1 aliphatic rings. The average Bonchev–Trinajstić information content (AvgIpc) is 3.09. The molecule has 6 nitrogen and oxygen atoms in total. The molecule has 1 fully saturated rings. The zero-order valence-corrected chi connectivity index (χ0v) is 13.7. The summed E-state index contributed by atoms with van der Waals surface area (Å²) in [5.74, 6) is 1.24. The normalized spacial score (nSPS) is 19.8. The third-order valence-electron chi connectivity index (χ3n) is 3.74. The van der Waals surface area contributed by atoms with Gasteiger partial charge in [0.2, 0.25) is 5.09 Å². The van der Waals surface area contributed by atoms with Crippen molar-refractivity contribution < 1.29 is 17.6 Å². The SMILES string of the molecule is CCN(Cc1ccc(S(=O)(=O)N(C)C)o1)C[C@H]1CCOC1. The first-order valence-corrected chi connectivity index (χ1v) is 8.68. The van der Waals surface area contributed by atoms with Crippen LogP contribution in [0.4, 0.5) is 0 Å². The highest BCUT2D eigenvalue weighted by Gasteiger charge is 2.23. The van der Waals surface area contributed by atoms with E-state index in [1.165, 1.54) is 20.2 Å². The molecular weight excluding hydrogens is 292 g/mol. The summed E-state index contributed by atoms with van der Waals surface area (Å²) in [5, 5.41) is 0.00255. The van der Waals surface area contributed by atoms with Crippen LogP contribution in [0.25, 0.3) is 0 Å². The number of ether oxygens (including phenoxy) is 1. The summed E-state index contributed by atoms with van der Waals surface area (Å²) in [6.45, 7) is 6.22. The van der Waals surface area contributed by atoms with E-state index in [1.54, 1.807) is 6.07 Å². The van der Waals surface area contributed by atoms with Crippen LogP contribution in [0.15, 0.2) is 21.6 Å². The van der Waals surface area contributed by atoms with Crippen molar-refractivity contribution in [3.63, 3.8) is 0 Å². The molecule has 1 aromatic rings. The molecule has 2 heterocycles. The lowest BCUT2D eigenvalue weighted by Gasteiger charge is -2.22. The van der Waals surface area contributed by atoms with E-state index in [0.717, 1.165) is 37.0 Å². The Kier molecular flexibility index (Phi) is 5.43. The summed E-state index contributed by atoms with van der Waals surface area (Å²) in [5.41, 5.74) is 0. The highest BCUT2D eigenvalue weighted by atomic mass is 32.2. The van der Waals surface area contributed by atoms with Crippen LogP contribution in [0.3, 0.4) is 0 Å². The van der Waals surface area contributed by atoms with Gasteiger partial charge in [-0.3, -0.25) is 4.90 Å². The second kappa shape index (κ2) is 6.91. The molecule has 0 N–H and O–H groups in total. The van der Waals surface area contributed by atoms with Crippen LogP contribution < -0.4 is 0 Å². The highest BCUT2D eigenvalue weighted by Crippen LogP contribution is 2.20. The van der Waals surface area contributed by atoms with Crippen molar-refractivity contribution >= 4 is 10.0 Å². The summed E-state index contributed by atoms with van der Waals surface area (Å²) in [4.78, 5) is 2.25. The Morgan fingerprint density at radius 3 is 2.67 bits per heavy atom. The Balaban J connectivity index is 2.00. The van der Waals surface area contributed by atoms with Crippen molar-refractivity contribution in [2.75, 3.05) is 40.4 Å². The van der Waals surface area contributed by atoms with Crippen LogP contribution in [0.1, 0.15) is 19.1 Å². The van der Waals surface area contributed by atoms with Gasteiger partial charge in [-0.2, -0.15) is 0 Å². The van der Waals surface area contributed by atoms with Crippen LogP contribution >= 0.6 is 0 Å². The van der Waals surface area contributed by atoms with E-state index in [0.29, 0.717) is 18.2 Å². The van der Waals surface area contributed by atoms with Crippen LogP contribution in [0, 0.1) is 5.92 Å². The van der Waals surface area contributed by atoms with Crippen LogP contribution in [-0.2, 0) is 21.3 Å². The second-order valence-corrected chi connectivity index (χ2v) is 7.65. The van der Waals surface area contributed by atoms with Crippen LogP contribution in [-0.4, -0.2) is 58.0 Å². The third-order valence-corrected chi connectivity index (χ3v) is 5.43. The molecule has 0 aliphatic carbocycles. The summed E-state index contributed by atoms with van der Waals surface area (Å²) in [7, 11) is -0.501. The Bertz CT molecular complexity index is 547. The standard InChI is InChI=1S/C14H24N2O4S/c1-4-16(9-12-7-8-19-11-12)10-13-5-6-14(20-13)21(17,18)15(2)3/h5-6,12H,4,7-11H2,1-3H3/t12-/m1/s1. The van der Waals surface area contributed by atoms with E-state index in [2.05, 4.69) is 11.8 Å². The second-order valence-electron chi connectivity index (χ2n) is 5.57. The smallest absolute Gasteiger partial charge is 0.275 e. The fraction of sp³-hybridized carbons (Fsp3) is 0.714. The molecule has 1 aromatic heterocycles. The molecule has 1 atom stereocenters. The number of furan rings is 1. The van der Waals surface area contributed by atoms with Gasteiger partial charge in [-0.1, -0.05) is 6.92 Å². The molecule has 1 aliphatic heterocycles. The van der Waals surface area contributed by atoms with Gasteiger partial charge in [0.15, 0.2) is 0 Å². The predicted molar refractivity (Wildman–Crippen MR) is 79.5 cm³/mol. The van der Waals surface area contributed by atoms with E-state index < -0.39 is 10.0 Å². The molecule has 0 aromatic carbocycles. The number of sulfonamides is 1. The van der Waals surface area contributed by atoms with Crippen molar-refractivity contribution in [1.82, 2.24) is 9.21 Å². The Morgan fingerprint density at radius 1 is 1.33 bits per heavy atom. The monoisotopic (exact) mass is 316 g/mol. The van der Waals surface area contributed by atoms with Crippen LogP contribution in [0.5, 0.6) is 0 Å². The maximum Gasteiger partial charge on any atom is 0.275 e. The third kappa shape index (κ3) is 4.06. The minimum absolute atomic E-state index is 0.00255. The molecule has 0 amide bonds. The lowest BCUT2D eigenvalue weighted by Crippen LogP contribution is -2.29. The summed E-state index contributed by atoms with van der Waals surface area (Å²) in [6.07, 6.45) is 1.09. The Morgan fingerprint density at radius 2 is 2.10 bits per heavy atom. The van der Waals surface area contributed by atoms with E-state index in [-0.39, 0.29) is 5.09 Å². The predicted octanol–water partition coefficient (Wildman–Crippen LogP) is 1.39. The molecule has 0 radical (unpaired) electrons. The van der Waals surface area contributed by atoms with Gasteiger partial charge in [-0.25, -0.2) is 12.7 Å². The Labute approximate surface area is 126 Å². The van der Waals surface area contributed by atoms with E-state index >= 15 is 0 Å². The lowest BCUT2D eigenvalue weighted by molar-refractivity contribution is 0.162. The first-order valence-electron chi connectivity index (χ1n) is 7.24. The summed E-state index contributed by atoms with van der Waals surface area (Å²) >= 11 is 0. The molecule has 7 heteroatoms. The van der Waals surface area contributed by atoms with Gasteiger partial charge in [0.25, 0.3) is 10.0 Å². The van der Waals surface area contributed by atoms with Gasteiger partial charge < -0.3 is 9.15 Å². The van der Waals surface area contributed by atoms with Gasteiger partial charge in [0.05, 0.1) is 13.2 Å².